The van der Waals surface area contributed by atoms with Crippen LogP contribution in [0.2, 0.25) is 0 Å². The topological polar surface area (TPSA) is 0 Å². The number of hydrogen-bond donors (Lipinski definition) is 0. The van der Waals surface area contributed by atoms with Gasteiger partial charge in [-0.15, -0.1) is 0 Å². The van der Waals surface area contributed by atoms with Crippen LogP contribution in [0.15, 0.2) is 42.5 Å². The first-order chi connectivity index (χ1) is 7.77. The predicted molar refractivity (Wildman–Crippen MR) is 68.7 cm³/mol. The third-order valence-corrected chi connectivity index (χ3v) is 3.65. The molecule has 2 aromatic rings. The highest BCUT2D eigenvalue weighted by Gasteiger charge is 2.22. The van der Waals surface area contributed by atoms with Crippen molar-refractivity contribution in [1.82, 2.24) is 0 Å². The summed E-state index contributed by atoms with van der Waals surface area (Å²) in [6.45, 7) is 4.56. The van der Waals surface area contributed by atoms with Gasteiger partial charge in [0.1, 0.15) is 0 Å². The van der Waals surface area contributed by atoms with E-state index in [-0.39, 0.29) is 0 Å². The Morgan fingerprint density at radius 2 is 1.69 bits per heavy atom. The van der Waals surface area contributed by atoms with Gasteiger partial charge in [-0.25, -0.2) is 0 Å². The molecule has 0 aromatic heterocycles. The van der Waals surface area contributed by atoms with Crippen LogP contribution in [-0.4, -0.2) is 0 Å². The van der Waals surface area contributed by atoms with Crippen molar-refractivity contribution in [3.05, 3.63) is 59.2 Å². The lowest BCUT2D eigenvalue weighted by Crippen LogP contribution is -2.09. The van der Waals surface area contributed by atoms with E-state index in [9.17, 15) is 0 Å². The highest BCUT2D eigenvalue weighted by molar-refractivity contribution is 5.75. The van der Waals surface area contributed by atoms with Gasteiger partial charge in [0.15, 0.2) is 0 Å². The van der Waals surface area contributed by atoms with E-state index in [0.717, 1.165) is 0 Å². The number of fused-ring (bicyclic) bond motifs is 3. The van der Waals surface area contributed by atoms with Gasteiger partial charge in [-0.2, -0.15) is 0 Å². The molecule has 16 heavy (non-hydrogen) atoms. The first-order valence-electron chi connectivity index (χ1n) is 5.95. The summed E-state index contributed by atoms with van der Waals surface area (Å²) in [7, 11) is 0. The summed E-state index contributed by atoms with van der Waals surface area (Å²) in [6.07, 6.45) is 1.17. The number of rotatable bonds is 0. The number of hydrogen-bond acceptors (Lipinski definition) is 0. The molecule has 2 aromatic carbocycles. The first kappa shape index (κ1) is 9.65. The van der Waals surface area contributed by atoms with Crippen LogP contribution in [0.5, 0.6) is 0 Å². The van der Waals surface area contributed by atoms with Gasteiger partial charge < -0.3 is 0 Å². The van der Waals surface area contributed by atoms with Gasteiger partial charge in [0.25, 0.3) is 0 Å². The molecule has 0 nitrogen and oxygen atoms in total. The maximum absolute atomic E-state index is 2.34. The van der Waals surface area contributed by atoms with Crippen LogP contribution in [0.4, 0.5) is 0 Å². The predicted octanol–water partition coefficient (Wildman–Crippen LogP) is 4.32. The fraction of sp³-hybridized carbons (Fsp3) is 0.250. The lowest BCUT2D eigenvalue weighted by molar-refractivity contribution is 0.743. The van der Waals surface area contributed by atoms with Gasteiger partial charge in [0.2, 0.25) is 0 Å². The zero-order valence-electron chi connectivity index (χ0n) is 9.83. The molecule has 80 valence electrons. The standard InChI is InChI=1S/C16H16/c1-11-6-5-9-15-14-8-4-3-7-13(14)10-12(2)16(11)15/h3-9,12H,10H2,1-2H3. The second-order valence-electron chi connectivity index (χ2n) is 4.80. The summed E-state index contributed by atoms with van der Waals surface area (Å²) in [5, 5.41) is 0. The fourth-order valence-corrected chi connectivity index (χ4v) is 2.96. The molecule has 0 aliphatic heterocycles. The van der Waals surface area contributed by atoms with Gasteiger partial charge in [0, 0.05) is 0 Å². The molecular formula is C16H16. The summed E-state index contributed by atoms with van der Waals surface area (Å²) in [5.41, 5.74) is 7.34. The van der Waals surface area contributed by atoms with Crippen molar-refractivity contribution < 1.29 is 0 Å². The average Bonchev–Trinajstić information content (AvgIpc) is 2.29. The Morgan fingerprint density at radius 1 is 0.938 bits per heavy atom. The van der Waals surface area contributed by atoms with Crippen LogP contribution < -0.4 is 0 Å². The Hall–Kier alpha value is -1.56. The van der Waals surface area contributed by atoms with Crippen molar-refractivity contribution in [3.8, 4) is 11.1 Å². The van der Waals surface area contributed by atoms with Gasteiger partial charge >= 0.3 is 0 Å². The minimum Gasteiger partial charge on any atom is -0.0620 e. The molecule has 1 unspecified atom stereocenters. The zero-order valence-corrected chi connectivity index (χ0v) is 9.83. The number of aryl methyl sites for hydroxylation is 1. The van der Waals surface area contributed by atoms with Crippen molar-refractivity contribution in [2.75, 3.05) is 0 Å². The van der Waals surface area contributed by atoms with Crippen molar-refractivity contribution in [2.45, 2.75) is 26.2 Å². The Bertz CT molecular complexity index is 537. The van der Waals surface area contributed by atoms with E-state index in [1.807, 2.05) is 0 Å². The Balaban J connectivity index is 2.33. The lowest BCUT2D eigenvalue weighted by atomic mass is 9.78. The van der Waals surface area contributed by atoms with Crippen molar-refractivity contribution in [2.24, 2.45) is 0 Å². The number of benzene rings is 2. The molecule has 0 heteroatoms. The first-order valence-corrected chi connectivity index (χ1v) is 5.95. The van der Waals surface area contributed by atoms with Crippen LogP contribution in [0, 0.1) is 6.92 Å². The molecule has 0 amide bonds. The maximum Gasteiger partial charge on any atom is -0.0141 e. The van der Waals surface area contributed by atoms with E-state index in [2.05, 4.69) is 56.3 Å². The minimum absolute atomic E-state index is 0.645. The Labute approximate surface area is 96.9 Å². The summed E-state index contributed by atoms with van der Waals surface area (Å²) < 4.78 is 0. The molecule has 0 fully saturated rings. The smallest absolute Gasteiger partial charge is 0.0141 e. The highest BCUT2D eigenvalue weighted by atomic mass is 14.3. The van der Waals surface area contributed by atoms with Crippen molar-refractivity contribution in [1.29, 1.82) is 0 Å². The molecule has 0 radical (unpaired) electrons. The fourth-order valence-electron chi connectivity index (χ4n) is 2.96. The second-order valence-corrected chi connectivity index (χ2v) is 4.80. The molecule has 1 aliphatic rings. The molecule has 0 saturated carbocycles. The summed E-state index contributed by atoms with van der Waals surface area (Å²) in [4.78, 5) is 0. The highest BCUT2D eigenvalue weighted by Crippen LogP contribution is 2.40. The molecule has 0 heterocycles. The van der Waals surface area contributed by atoms with Gasteiger partial charge in [-0.3, -0.25) is 0 Å². The van der Waals surface area contributed by atoms with Gasteiger partial charge in [-0.05, 0) is 47.1 Å². The van der Waals surface area contributed by atoms with E-state index >= 15 is 0 Å². The van der Waals surface area contributed by atoms with E-state index in [1.54, 1.807) is 5.56 Å². The quantitative estimate of drug-likeness (QED) is 0.604. The van der Waals surface area contributed by atoms with Crippen LogP contribution >= 0.6 is 0 Å². The zero-order chi connectivity index (χ0) is 11.1. The molecule has 0 bridgehead atoms. The van der Waals surface area contributed by atoms with E-state index in [4.69, 9.17) is 0 Å². The van der Waals surface area contributed by atoms with Crippen molar-refractivity contribution in [3.63, 3.8) is 0 Å². The van der Waals surface area contributed by atoms with Gasteiger partial charge in [0.05, 0.1) is 0 Å². The van der Waals surface area contributed by atoms with Gasteiger partial charge in [-0.1, -0.05) is 49.4 Å². The third-order valence-electron chi connectivity index (χ3n) is 3.65. The van der Waals surface area contributed by atoms with Crippen LogP contribution in [-0.2, 0) is 6.42 Å². The normalized spacial score (nSPS) is 17.8. The second kappa shape index (κ2) is 3.48. The Kier molecular flexibility index (Phi) is 2.10. The third kappa shape index (κ3) is 1.30. The SMILES string of the molecule is Cc1cccc2c1C(C)Cc1ccccc1-2. The monoisotopic (exact) mass is 208 g/mol. The van der Waals surface area contributed by atoms with Crippen molar-refractivity contribution >= 4 is 0 Å². The summed E-state index contributed by atoms with van der Waals surface area (Å²) in [6, 6.07) is 15.5. The van der Waals surface area contributed by atoms with Crippen LogP contribution in [0.3, 0.4) is 0 Å². The lowest BCUT2D eigenvalue weighted by Gasteiger charge is -2.26. The van der Waals surface area contributed by atoms with E-state index in [1.165, 1.54) is 28.7 Å². The summed E-state index contributed by atoms with van der Waals surface area (Å²) >= 11 is 0. The molecular weight excluding hydrogens is 192 g/mol. The molecule has 0 saturated heterocycles. The maximum atomic E-state index is 2.34. The van der Waals surface area contributed by atoms with Crippen LogP contribution in [0.25, 0.3) is 11.1 Å². The molecule has 1 aliphatic carbocycles. The molecule has 0 spiro atoms. The summed E-state index contributed by atoms with van der Waals surface area (Å²) in [5.74, 6) is 0.645. The average molecular weight is 208 g/mol. The minimum atomic E-state index is 0.645. The van der Waals surface area contributed by atoms with Crippen LogP contribution in [0.1, 0.15) is 29.5 Å². The molecule has 3 rings (SSSR count). The largest absolute Gasteiger partial charge is 0.0620 e. The molecule has 0 N–H and O–H groups in total. The van der Waals surface area contributed by atoms with E-state index < -0.39 is 0 Å². The van der Waals surface area contributed by atoms with E-state index in [0.29, 0.717) is 5.92 Å². The molecule has 1 atom stereocenters. The Morgan fingerprint density at radius 3 is 2.56 bits per heavy atom.